The quantitative estimate of drug-likeness (QED) is 0.800. The number of ether oxygens (including phenoxy) is 1. The number of carbonyl (C=O) groups excluding carboxylic acids is 2. The molecule has 3 fully saturated rings. The lowest BCUT2D eigenvalue weighted by atomic mass is 9.85. The van der Waals surface area contributed by atoms with E-state index in [9.17, 15) is 27.2 Å². The van der Waals surface area contributed by atoms with Gasteiger partial charge < -0.3 is 15.0 Å². The molecule has 0 aromatic carbocycles. The van der Waals surface area contributed by atoms with Gasteiger partial charge in [-0.25, -0.2) is 4.79 Å². The average Bonchev–Trinajstić information content (AvgIpc) is 2.80. The second-order valence-corrected chi connectivity index (χ2v) is 7.11. The molecular weight excluding hydrogens is 320 g/mol. The molecule has 2 amide bonds. The molecule has 1 saturated heterocycles. The number of nitrogens with zero attached hydrogens (tertiary/aromatic N) is 1. The zero-order valence-electron chi connectivity index (χ0n) is 12.7. The molecule has 0 aromatic rings. The highest BCUT2D eigenvalue weighted by Gasteiger charge is 2.74. The Morgan fingerprint density at radius 3 is 2.22 bits per heavy atom. The van der Waals surface area contributed by atoms with Crippen LogP contribution in [0.25, 0.3) is 0 Å². The van der Waals surface area contributed by atoms with Gasteiger partial charge in [0, 0.05) is 13.1 Å². The first-order valence-corrected chi connectivity index (χ1v) is 7.44. The van der Waals surface area contributed by atoms with Crippen molar-refractivity contribution < 1.29 is 31.9 Å². The fourth-order valence-corrected chi connectivity index (χ4v) is 3.48. The molecular formula is C14H18F4N2O3. The van der Waals surface area contributed by atoms with Gasteiger partial charge in [-0.3, -0.25) is 4.79 Å². The average molecular weight is 338 g/mol. The lowest BCUT2D eigenvalue weighted by Gasteiger charge is -2.42. The Bertz CT molecular complexity index is 538. The molecule has 0 radical (unpaired) electrons. The Morgan fingerprint density at radius 2 is 1.74 bits per heavy atom. The number of hydrogen-bond acceptors (Lipinski definition) is 3. The number of halogens is 4. The van der Waals surface area contributed by atoms with E-state index < -0.39 is 37.0 Å². The Labute approximate surface area is 130 Å². The van der Waals surface area contributed by atoms with Crippen molar-refractivity contribution in [3.63, 3.8) is 0 Å². The lowest BCUT2D eigenvalue weighted by Crippen LogP contribution is -2.64. The lowest BCUT2D eigenvalue weighted by molar-refractivity contribution is -0.329. The molecule has 1 unspecified atom stereocenters. The van der Waals surface area contributed by atoms with Crippen molar-refractivity contribution in [1.82, 2.24) is 10.2 Å². The highest BCUT2D eigenvalue weighted by molar-refractivity contribution is 5.82. The minimum absolute atomic E-state index is 0.240. The first kappa shape index (κ1) is 16.3. The van der Waals surface area contributed by atoms with Crippen molar-refractivity contribution in [1.29, 1.82) is 0 Å². The third-order valence-electron chi connectivity index (χ3n) is 5.44. The maximum absolute atomic E-state index is 13.0. The van der Waals surface area contributed by atoms with Gasteiger partial charge in [-0.15, -0.1) is 0 Å². The van der Waals surface area contributed by atoms with Crippen LogP contribution in [0.15, 0.2) is 0 Å². The van der Waals surface area contributed by atoms with Crippen LogP contribution in [0, 0.1) is 17.3 Å². The van der Waals surface area contributed by atoms with Crippen LogP contribution >= 0.6 is 0 Å². The van der Waals surface area contributed by atoms with Crippen LogP contribution in [0.4, 0.5) is 22.4 Å². The molecule has 1 N–H and O–H groups in total. The molecule has 0 aromatic heterocycles. The largest absolute Gasteiger partial charge is 0.439 e. The summed E-state index contributed by atoms with van der Waals surface area (Å²) >= 11 is 0. The number of amides is 2. The summed E-state index contributed by atoms with van der Waals surface area (Å²) in [5.74, 6) is -7.95. The highest BCUT2D eigenvalue weighted by atomic mass is 19.3. The number of hydrogen-bond donors (Lipinski definition) is 1. The Kier molecular flexibility index (Phi) is 3.36. The molecule has 3 rings (SSSR count). The van der Waals surface area contributed by atoms with Crippen LogP contribution in [0.1, 0.15) is 20.3 Å². The van der Waals surface area contributed by atoms with Crippen molar-refractivity contribution in [3.05, 3.63) is 0 Å². The molecule has 130 valence electrons. The van der Waals surface area contributed by atoms with Crippen LogP contribution in [-0.4, -0.2) is 54.5 Å². The molecule has 2 saturated carbocycles. The summed E-state index contributed by atoms with van der Waals surface area (Å²) in [5.41, 5.74) is 0.240. The van der Waals surface area contributed by atoms with Gasteiger partial charge in [-0.1, -0.05) is 13.8 Å². The topological polar surface area (TPSA) is 58.6 Å². The van der Waals surface area contributed by atoms with Crippen molar-refractivity contribution in [3.8, 4) is 0 Å². The SMILES string of the molecule is CC1(C)[C@@H]2CN(C(=O)CNC(=O)OC3CC(F)(F)C3(F)F)C[C@@H]21. The van der Waals surface area contributed by atoms with E-state index in [1.165, 1.54) is 0 Å². The summed E-state index contributed by atoms with van der Waals surface area (Å²) in [6, 6.07) is 0. The van der Waals surface area contributed by atoms with Gasteiger partial charge in [0.25, 0.3) is 0 Å². The molecule has 9 heteroatoms. The summed E-state index contributed by atoms with van der Waals surface area (Å²) in [4.78, 5) is 24.9. The first-order chi connectivity index (χ1) is 10.5. The third-order valence-corrected chi connectivity index (χ3v) is 5.44. The molecule has 2 aliphatic carbocycles. The van der Waals surface area contributed by atoms with Gasteiger partial charge in [-0.05, 0) is 17.3 Å². The Balaban J connectivity index is 1.40. The van der Waals surface area contributed by atoms with Crippen molar-refractivity contribution in [2.45, 2.75) is 38.2 Å². The maximum Gasteiger partial charge on any atom is 0.408 e. The number of carbonyl (C=O) groups is 2. The fourth-order valence-electron chi connectivity index (χ4n) is 3.48. The summed E-state index contributed by atoms with van der Waals surface area (Å²) in [6.07, 6.45) is -4.66. The molecule has 3 aliphatic rings. The van der Waals surface area contributed by atoms with E-state index in [-0.39, 0.29) is 11.3 Å². The predicted molar refractivity (Wildman–Crippen MR) is 70.1 cm³/mol. The predicted octanol–water partition coefficient (Wildman–Crippen LogP) is 1.87. The molecule has 1 aliphatic heterocycles. The summed E-state index contributed by atoms with van der Waals surface area (Å²) in [7, 11) is 0. The molecule has 1 heterocycles. The Morgan fingerprint density at radius 1 is 1.17 bits per heavy atom. The number of alkyl carbamates (subject to hydrolysis) is 1. The van der Waals surface area contributed by atoms with Crippen LogP contribution in [-0.2, 0) is 9.53 Å². The monoisotopic (exact) mass is 338 g/mol. The minimum Gasteiger partial charge on any atom is -0.439 e. The second kappa shape index (κ2) is 4.73. The number of piperidine rings is 1. The first-order valence-electron chi connectivity index (χ1n) is 7.44. The molecule has 5 nitrogen and oxygen atoms in total. The fraction of sp³-hybridized carbons (Fsp3) is 0.857. The number of fused-ring (bicyclic) bond motifs is 1. The van der Waals surface area contributed by atoms with Gasteiger partial charge in [-0.2, -0.15) is 17.6 Å². The molecule has 23 heavy (non-hydrogen) atoms. The second-order valence-electron chi connectivity index (χ2n) is 7.11. The van der Waals surface area contributed by atoms with Gasteiger partial charge >= 0.3 is 17.9 Å². The van der Waals surface area contributed by atoms with Crippen molar-refractivity contribution in [2.75, 3.05) is 19.6 Å². The van der Waals surface area contributed by atoms with Gasteiger partial charge in [0.2, 0.25) is 5.91 Å². The van der Waals surface area contributed by atoms with E-state index in [1.807, 2.05) is 5.32 Å². The van der Waals surface area contributed by atoms with Crippen molar-refractivity contribution >= 4 is 12.0 Å². The summed E-state index contributed by atoms with van der Waals surface area (Å²) < 4.78 is 55.4. The van der Waals surface area contributed by atoms with E-state index in [0.717, 1.165) is 0 Å². The van der Waals surface area contributed by atoms with Crippen LogP contribution in [0.2, 0.25) is 0 Å². The van der Waals surface area contributed by atoms with E-state index in [0.29, 0.717) is 24.9 Å². The van der Waals surface area contributed by atoms with Gasteiger partial charge in [0.05, 0.1) is 6.42 Å². The molecule has 3 atom stereocenters. The number of nitrogens with one attached hydrogen (secondary N) is 1. The summed E-state index contributed by atoms with van der Waals surface area (Å²) in [6.45, 7) is 5.09. The third kappa shape index (κ3) is 2.44. The van der Waals surface area contributed by atoms with E-state index in [1.54, 1.807) is 4.90 Å². The van der Waals surface area contributed by atoms with Gasteiger partial charge in [0.15, 0.2) is 6.10 Å². The molecule has 0 bridgehead atoms. The normalized spacial score (nSPS) is 35.0. The van der Waals surface area contributed by atoms with Crippen LogP contribution in [0.5, 0.6) is 0 Å². The maximum atomic E-state index is 13.0. The number of likely N-dealkylation sites (tertiary alicyclic amines) is 1. The van der Waals surface area contributed by atoms with E-state index in [4.69, 9.17) is 0 Å². The van der Waals surface area contributed by atoms with Crippen LogP contribution in [0.3, 0.4) is 0 Å². The van der Waals surface area contributed by atoms with Crippen molar-refractivity contribution in [2.24, 2.45) is 17.3 Å². The van der Waals surface area contributed by atoms with Crippen LogP contribution < -0.4 is 5.32 Å². The highest BCUT2D eigenvalue weighted by Crippen LogP contribution is 2.61. The van der Waals surface area contributed by atoms with Gasteiger partial charge in [0.1, 0.15) is 6.54 Å². The van der Waals surface area contributed by atoms with E-state index in [2.05, 4.69) is 18.6 Å². The smallest absolute Gasteiger partial charge is 0.408 e. The number of rotatable bonds is 3. The minimum atomic E-state index is -4.36. The van der Waals surface area contributed by atoms with E-state index >= 15 is 0 Å². The zero-order valence-corrected chi connectivity index (χ0v) is 12.7. The summed E-state index contributed by atoms with van der Waals surface area (Å²) in [5, 5.41) is 2.04. The number of alkyl halides is 4. The standard InChI is InChI=1S/C14H18F4N2O3/c1-12(2)7-5-20(6-8(7)12)10(21)4-19-11(22)23-9-3-13(15,16)14(9,17)18/h7-9H,3-6H2,1-2H3,(H,19,22)/t7-,8+,9?. The molecule has 0 spiro atoms. The Hall–Kier alpha value is -1.54. The zero-order chi connectivity index (χ0) is 17.2.